The summed E-state index contributed by atoms with van der Waals surface area (Å²) >= 11 is 0. The van der Waals surface area contributed by atoms with Gasteiger partial charge < -0.3 is 5.11 Å². The van der Waals surface area contributed by atoms with E-state index in [1.807, 2.05) is 13.0 Å². The average molecular weight is 204 g/mol. The van der Waals surface area contributed by atoms with Crippen LogP contribution in [0.4, 0.5) is 0 Å². The normalized spacial score (nSPS) is 22.3. The van der Waals surface area contributed by atoms with E-state index in [9.17, 15) is 5.11 Å². The Morgan fingerprint density at radius 2 is 1.67 bits per heavy atom. The van der Waals surface area contributed by atoms with Gasteiger partial charge in [-0.05, 0) is 25.3 Å². The van der Waals surface area contributed by atoms with E-state index < -0.39 is 0 Å². The molecule has 0 bridgehead atoms. The summed E-state index contributed by atoms with van der Waals surface area (Å²) in [6.07, 6.45) is 5.85. The maximum Gasteiger partial charge on any atom is 0.0608 e. The zero-order chi connectivity index (χ0) is 10.7. The van der Waals surface area contributed by atoms with Crippen molar-refractivity contribution in [2.75, 3.05) is 0 Å². The molecule has 1 aromatic carbocycles. The van der Waals surface area contributed by atoms with Crippen molar-refractivity contribution in [3.8, 4) is 0 Å². The molecule has 1 aromatic rings. The first-order valence-electron chi connectivity index (χ1n) is 5.99. The van der Waals surface area contributed by atoms with E-state index in [0.717, 1.165) is 12.8 Å². The van der Waals surface area contributed by atoms with Gasteiger partial charge in [-0.15, -0.1) is 0 Å². The fraction of sp³-hybridized carbons (Fsp3) is 0.571. The van der Waals surface area contributed by atoms with E-state index in [4.69, 9.17) is 0 Å². The van der Waals surface area contributed by atoms with Crippen molar-refractivity contribution >= 4 is 0 Å². The van der Waals surface area contributed by atoms with Gasteiger partial charge in [0, 0.05) is 5.41 Å². The molecule has 0 radical (unpaired) electrons. The Labute approximate surface area is 92.1 Å². The highest BCUT2D eigenvalue weighted by atomic mass is 16.3. The van der Waals surface area contributed by atoms with E-state index in [2.05, 4.69) is 24.3 Å². The highest BCUT2D eigenvalue weighted by molar-refractivity contribution is 5.27. The molecule has 1 aliphatic carbocycles. The summed E-state index contributed by atoms with van der Waals surface area (Å²) in [6, 6.07) is 10.5. The van der Waals surface area contributed by atoms with Crippen molar-refractivity contribution in [3.05, 3.63) is 35.9 Å². The fourth-order valence-corrected chi connectivity index (χ4v) is 2.90. The summed E-state index contributed by atoms with van der Waals surface area (Å²) in [5.74, 6) is 0. The molecule has 82 valence electrons. The maximum atomic E-state index is 10.1. The van der Waals surface area contributed by atoms with Crippen molar-refractivity contribution in [2.24, 2.45) is 0 Å². The van der Waals surface area contributed by atoms with Crippen LogP contribution in [0.2, 0.25) is 0 Å². The van der Waals surface area contributed by atoms with Crippen LogP contribution in [0.1, 0.15) is 44.6 Å². The van der Waals surface area contributed by atoms with Gasteiger partial charge in [0.15, 0.2) is 0 Å². The average Bonchev–Trinajstić information content (AvgIpc) is 2.31. The van der Waals surface area contributed by atoms with E-state index >= 15 is 0 Å². The van der Waals surface area contributed by atoms with Crippen LogP contribution in [0.5, 0.6) is 0 Å². The van der Waals surface area contributed by atoms with Gasteiger partial charge in [0.1, 0.15) is 0 Å². The lowest BCUT2D eigenvalue weighted by Gasteiger charge is -2.40. The summed E-state index contributed by atoms with van der Waals surface area (Å²) in [4.78, 5) is 0. The molecule has 0 saturated heterocycles. The SMILES string of the molecule is CC(O)C1(c2ccccc2)CCCCC1. The van der Waals surface area contributed by atoms with E-state index in [-0.39, 0.29) is 11.5 Å². The summed E-state index contributed by atoms with van der Waals surface area (Å²) in [6.45, 7) is 1.94. The van der Waals surface area contributed by atoms with Crippen LogP contribution >= 0.6 is 0 Å². The molecule has 0 aromatic heterocycles. The molecule has 1 nitrogen and oxygen atoms in total. The second-order valence-electron chi connectivity index (χ2n) is 4.76. The van der Waals surface area contributed by atoms with Crippen LogP contribution in [0, 0.1) is 0 Å². The quantitative estimate of drug-likeness (QED) is 0.784. The predicted molar refractivity (Wildman–Crippen MR) is 62.9 cm³/mol. The maximum absolute atomic E-state index is 10.1. The number of hydrogen-bond acceptors (Lipinski definition) is 1. The minimum Gasteiger partial charge on any atom is -0.392 e. The van der Waals surface area contributed by atoms with Gasteiger partial charge in [0.25, 0.3) is 0 Å². The van der Waals surface area contributed by atoms with Gasteiger partial charge in [0.05, 0.1) is 6.10 Å². The third-order valence-electron chi connectivity index (χ3n) is 3.89. The summed E-state index contributed by atoms with van der Waals surface area (Å²) < 4.78 is 0. The molecule has 1 unspecified atom stereocenters. The minimum absolute atomic E-state index is 0.0273. The number of rotatable bonds is 2. The van der Waals surface area contributed by atoms with Gasteiger partial charge >= 0.3 is 0 Å². The Bertz CT molecular complexity index is 296. The number of aliphatic hydroxyl groups is 1. The van der Waals surface area contributed by atoms with E-state index in [1.165, 1.54) is 24.8 Å². The van der Waals surface area contributed by atoms with Gasteiger partial charge in [-0.1, -0.05) is 49.6 Å². The zero-order valence-electron chi connectivity index (χ0n) is 9.45. The minimum atomic E-state index is -0.236. The number of hydrogen-bond donors (Lipinski definition) is 1. The predicted octanol–water partition coefficient (Wildman–Crippen LogP) is 3.27. The summed E-state index contributed by atoms with van der Waals surface area (Å²) in [5, 5.41) is 10.1. The topological polar surface area (TPSA) is 20.2 Å². The smallest absolute Gasteiger partial charge is 0.0608 e. The first-order chi connectivity index (χ1) is 7.26. The molecule has 1 atom stereocenters. The van der Waals surface area contributed by atoms with Crippen molar-refractivity contribution in [3.63, 3.8) is 0 Å². The third-order valence-corrected chi connectivity index (χ3v) is 3.89. The molecule has 1 fully saturated rings. The van der Waals surface area contributed by atoms with Gasteiger partial charge in [-0.25, -0.2) is 0 Å². The molecule has 1 heteroatoms. The van der Waals surface area contributed by atoms with Gasteiger partial charge in [0.2, 0.25) is 0 Å². The highest BCUT2D eigenvalue weighted by Crippen LogP contribution is 2.41. The molecule has 0 spiro atoms. The van der Waals surface area contributed by atoms with Crippen molar-refractivity contribution in [1.82, 2.24) is 0 Å². The van der Waals surface area contributed by atoms with Crippen LogP contribution in [0.15, 0.2) is 30.3 Å². The van der Waals surface area contributed by atoms with Gasteiger partial charge in [-0.2, -0.15) is 0 Å². The van der Waals surface area contributed by atoms with E-state index in [1.54, 1.807) is 0 Å². The van der Waals surface area contributed by atoms with Crippen molar-refractivity contribution < 1.29 is 5.11 Å². The third kappa shape index (κ3) is 1.93. The van der Waals surface area contributed by atoms with E-state index in [0.29, 0.717) is 0 Å². The largest absolute Gasteiger partial charge is 0.392 e. The Kier molecular flexibility index (Phi) is 3.11. The van der Waals surface area contributed by atoms with Crippen molar-refractivity contribution in [1.29, 1.82) is 0 Å². The van der Waals surface area contributed by atoms with Crippen molar-refractivity contribution in [2.45, 2.75) is 50.5 Å². The molecule has 15 heavy (non-hydrogen) atoms. The molecule has 2 rings (SSSR count). The molecule has 0 heterocycles. The molecular weight excluding hydrogens is 184 g/mol. The Morgan fingerprint density at radius 3 is 2.20 bits per heavy atom. The number of benzene rings is 1. The fourth-order valence-electron chi connectivity index (χ4n) is 2.90. The standard InChI is InChI=1S/C14H20O/c1-12(15)14(10-6-3-7-11-14)13-8-4-2-5-9-13/h2,4-5,8-9,12,15H,3,6-7,10-11H2,1H3. The van der Waals surface area contributed by atoms with Crippen LogP contribution in [0.25, 0.3) is 0 Å². The Balaban J connectivity index is 2.34. The second-order valence-corrected chi connectivity index (χ2v) is 4.76. The van der Waals surface area contributed by atoms with Crippen LogP contribution in [0.3, 0.4) is 0 Å². The first-order valence-corrected chi connectivity index (χ1v) is 5.99. The monoisotopic (exact) mass is 204 g/mol. The molecule has 0 amide bonds. The zero-order valence-corrected chi connectivity index (χ0v) is 9.45. The first kappa shape index (κ1) is 10.7. The molecule has 1 saturated carbocycles. The molecular formula is C14H20O. The Morgan fingerprint density at radius 1 is 1.07 bits per heavy atom. The molecule has 1 N–H and O–H groups in total. The Hall–Kier alpha value is -0.820. The summed E-state index contributed by atoms with van der Waals surface area (Å²) in [7, 11) is 0. The lowest BCUT2D eigenvalue weighted by molar-refractivity contribution is 0.0685. The lowest BCUT2D eigenvalue weighted by atomic mass is 9.66. The van der Waals surface area contributed by atoms with Crippen LogP contribution in [-0.4, -0.2) is 11.2 Å². The second kappa shape index (κ2) is 4.36. The molecule has 0 aliphatic heterocycles. The number of aliphatic hydroxyl groups excluding tert-OH is 1. The van der Waals surface area contributed by atoms with Crippen LogP contribution in [-0.2, 0) is 5.41 Å². The van der Waals surface area contributed by atoms with Crippen LogP contribution < -0.4 is 0 Å². The van der Waals surface area contributed by atoms with Gasteiger partial charge in [-0.3, -0.25) is 0 Å². The lowest BCUT2D eigenvalue weighted by Crippen LogP contribution is -2.39. The molecule has 1 aliphatic rings. The summed E-state index contributed by atoms with van der Waals surface area (Å²) in [5.41, 5.74) is 1.35. The highest BCUT2D eigenvalue weighted by Gasteiger charge is 2.37.